The van der Waals surface area contributed by atoms with Gasteiger partial charge in [0.2, 0.25) is 0 Å². The summed E-state index contributed by atoms with van der Waals surface area (Å²) in [5.74, 6) is 0. The molecule has 1 aromatic rings. The van der Waals surface area contributed by atoms with Crippen molar-refractivity contribution in [2.75, 3.05) is 6.61 Å². The third-order valence-electron chi connectivity index (χ3n) is 1.83. The van der Waals surface area contributed by atoms with E-state index in [1.165, 1.54) is 0 Å². The molecule has 0 bridgehead atoms. The fourth-order valence-corrected chi connectivity index (χ4v) is 1.13. The SMILES string of the molecule is CC.CC.NC(CO)C(O)c1ccc(Cl)cc1. The van der Waals surface area contributed by atoms with Crippen molar-refractivity contribution in [3.8, 4) is 0 Å². The third kappa shape index (κ3) is 7.34. The highest BCUT2D eigenvalue weighted by Crippen LogP contribution is 2.17. The number of hydrogen-bond donors (Lipinski definition) is 3. The molecule has 0 aliphatic carbocycles. The first-order chi connectivity index (χ1) is 8.15. The lowest BCUT2D eigenvalue weighted by Crippen LogP contribution is -2.31. The van der Waals surface area contributed by atoms with Gasteiger partial charge in [0.05, 0.1) is 18.8 Å². The monoisotopic (exact) mass is 261 g/mol. The zero-order valence-corrected chi connectivity index (χ0v) is 11.8. The Morgan fingerprint density at radius 1 is 1.12 bits per heavy atom. The van der Waals surface area contributed by atoms with E-state index >= 15 is 0 Å². The zero-order chi connectivity index (χ0) is 13.8. The molecule has 1 rings (SSSR count). The van der Waals surface area contributed by atoms with E-state index in [-0.39, 0.29) is 6.61 Å². The normalized spacial score (nSPS) is 12.5. The van der Waals surface area contributed by atoms with Crippen molar-refractivity contribution in [3.05, 3.63) is 34.9 Å². The topological polar surface area (TPSA) is 66.5 Å². The van der Waals surface area contributed by atoms with Gasteiger partial charge in [0.1, 0.15) is 0 Å². The van der Waals surface area contributed by atoms with E-state index in [0.717, 1.165) is 0 Å². The van der Waals surface area contributed by atoms with Crippen molar-refractivity contribution in [3.63, 3.8) is 0 Å². The van der Waals surface area contributed by atoms with Gasteiger partial charge in [-0.3, -0.25) is 0 Å². The fraction of sp³-hybridized carbons (Fsp3) is 0.538. The van der Waals surface area contributed by atoms with Crippen LogP contribution in [0.2, 0.25) is 5.02 Å². The summed E-state index contributed by atoms with van der Waals surface area (Å²) in [6, 6.07) is 6.06. The number of halogens is 1. The van der Waals surface area contributed by atoms with Crippen LogP contribution in [0.5, 0.6) is 0 Å². The Balaban J connectivity index is 0. The van der Waals surface area contributed by atoms with Gasteiger partial charge in [-0.1, -0.05) is 51.4 Å². The molecule has 17 heavy (non-hydrogen) atoms. The van der Waals surface area contributed by atoms with Crippen LogP contribution in [0.15, 0.2) is 24.3 Å². The van der Waals surface area contributed by atoms with Crippen LogP contribution in [0.1, 0.15) is 39.4 Å². The molecule has 0 radical (unpaired) electrons. The van der Waals surface area contributed by atoms with Gasteiger partial charge in [-0.25, -0.2) is 0 Å². The molecular weight excluding hydrogens is 238 g/mol. The van der Waals surface area contributed by atoms with Crippen LogP contribution in [0.25, 0.3) is 0 Å². The van der Waals surface area contributed by atoms with E-state index in [1.54, 1.807) is 24.3 Å². The minimum atomic E-state index is -0.845. The number of rotatable bonds is 3. The lowest BCUT2D eigenvalue weighted by Gasteiger charge is -2.16. The van der Waals surface area contributed by atoms with Crippen LogP contribution in [0.3, 0.4) is 0 Å². The maximum Gasteiger partial charge on any atom is 0.0963 e. The van der Waals surface area contributed by atoms with E-state index in [2.05, 4.69) is 0 Å². The van der Waals surface area contributed by atoms with Crippen LogP contribution in [0.4, 0.5) is 0 Å². The summed E-state index contributed by atoms with van der Waals surface area (Å²) in [5, 5.41) is 18.9. The lowest BCUT2D eigenvalue weighted by molar-refractivity contribution is 0.109. The molecule has 2 atom stereocenters. The average molecular weight is 262 g/mol. The molecule has 100 valence electrons. The van der Waals surface area contributed by atoms with Crippen LogP contribution in [-0.4, -0.2) is 22.9 Å². The van der Waals surface area contributed by atoms with Crippen molar-refractivity contribution >= 4 is 11.6 Å². The van der Waals surface area contributed by atoms with Crippen molar-refractivity contribution < 1.29 is 10.2 Å². The molecule has 3 nitrogen and oxygen atoms in total. The fourth-order valence-electron chi connectivity index (χ4n) is 1.01. The number of nitrogens with two attached hydrogens (primary N) is 1. The smallest absolute Gasteiger partial charge is 0.0963 e. The van der Waals surface area contributed by atoms with Crippen LogP contribution in [-0.2, 0) is 0 Å². The van der Waals surface area contributed by atoms with E-state index < -0.39 is 12.1 Å². The molecule has 4 N–H and O–H groups in total. The third-order valence-corrected chi connectivity index (χ3v) is 2.08. The molecule has 0 aliphatic rings. The highest BCUT2D eigenvalue weighted by molar-refractivity contribution is 6.30. The molecule has 0 fully saturated rings. The van der Waals surface area contributed by atoms with Gasteiger partial charge in [0, 0.05) is 5.02 Å². The Labute approximate surface area is 109 Å². The predicted octanol–water partition coefficient (Wildman–Crippen LogP) is 2.75. The van der Waals surface area contributed by atoms with Crippen LogP contribution in [0, 0.1) is 0 Å². The van der Waals surface area contributed by atoms with Crippen molar-refractivity contribution in [2.24, 2.45) is 5.73 Å². The quantitative estimate of drug-likeness (QED) is 0.784. The highest BCUT2D eigenvalue weighted by Gasteiger charge is 2.15. The second kappa shape index (κ2) is 11.9. The highest BCUT2D eigenvalue weighted by atomic mass is 35.5. The predicted molar refractivity (Wildman–Crippen MR) is 74.2 cm³/mol. The molecular formula is C13H24ClNO2. The van der Waals surface area contributed by atoms with Crippen LogP contribution < -0.4 is 5.73 Å². The molecule has 0 aromatic heterocycles. The second-order valence-electron chi connectivity index (χ2n) is 2.84. The second-order valence-corrected chi connectivity index (χ2v) is 3.28. The Kier molecular flexibility index (Phi) is 13.1. The summed E-state index contributed by atoms with van der Waals surface area (Å²) in [5.41, 5.74) is 6.11. The summed E-state index contributed by atoms with van der Waals surface area (Å²) >= 11 is 5.67. The van der Waals surface area contributed by atoms with Gasteiger partial charge in [0.25, 0.3) is 0 Å². The molecule has 0 aliphatic heterocycles. The summed E-state index contributed by atoms with van der Waals surface area (Å²) in [6.45, 7) is 7.75. The lowest BCUT2D eigenvalue weighted by atomic mass is 10.0. The van der Waals surface area contributed by atoms with Gasteiger partial charge < -0.3 is 15.9 Å². The number of aliphatic hydroxyl groups excluding tert-OH is 2. The first-order valence-corrected chi connectivity index (χ1v) is 6.33. The van der Waals surface area contributed by atoms with Gasteiger partial charge in [-0.2, -0.15) is 0 Å². The Morgan fingerprint density at radius 2 is 1.53 bits per heavy atom. The van der Waals surface area contributed by atoms with E-state index in [9.17, 15) is 5.11 Å². The molecule has 0 amide bonds. The van der Waals surface area contributed by atoms with E-state index in [4.69, 9.17) is 22.4 Å². The minimum absolute atomic E-state index is 0.246. The van der Waals surface area contributed by atoms with E-state index in [0.29, 0.717) is 10.6 Å². The van der Waals surface area contributed by atoms with Crippen molar-refractivity contribution in [1.29, 1.82) is 0 Å². The molecule has 0 saturated heterocycles. The molecule has 0 saturated carbocycles. The maximum absolute atomic E-state index is 9.55. The van der Waals surface area contributed by atoms with Gasteiger partial charge in [0.15, 0.2) is 0 Å². The number of hydrogen-bond acceptors (Lipinski definition) is 3. The van der Waals surface area contributed by atoms with Gasteiger partial charge in [-0.05, 0) is 17.7 Å². The van der Waals surface area contributed by atoms with Crippen molar-refractivity contribution in [2.45, 2.75) is 39.8 Å². The number of benzene rings is 1. The minimum Gasteiger partial charge on any atom is -0.395 e. The zero-order valence-electron chi connectivity index (χ0n) is 11.0. The largest absolute Gasteiger partial charge is 0.395 e. The van der Waals surface area contributed by atoms with Crippen LogP contribution >= 0.6 is 11.6 Å². The standard InChI is InChI=1S/C9H12ClNO2.2C2H6/c10-7-3-1-6(2-4-7)9(13)8(11)5-12;2*1-2/h1-4,8-9,12-13H,5,11H2;2*1-2H3. The van der Waals surface area contributed by atoms with Gasteiger partial charge >= 0.3 is 0 Å². The molecule has 0 spiro atoms. The number of aliphatic hydroxyl groups is 2. The molecule has 0 heterocycles. The summed E-state index contributed by atoms with van der Waals surface area (Å²) in [4.78, 5) is 0. The first-order valence-electron chi connectivity index (χ1n) is 5.95. The Bertz CT molecular complexity index is 265. The van der Waals surface area contributed by atoms with Gasteiger partial charge in [-0.15, -0.1) is 0 Å². The molecule has 1 aromatic carbocycles. The summed E-state index contributed by atoms with van der Waals surface area (Å²) in [6.07, 6.45) is -0.845. The average Bonchev–Trinajstić information content (AvgIpc) is 2.42. The Hall–Kier alpha value is -0.610. The summed E-state index contributed by atoms with van der Waals surface area (Å²) < 4.78 is 0. The Morgan fingerprint density at radius 3 is 1.88 bits per heavy atom. The van der Waals surface area contributed by atoms with Crippen molar-refractivity contribution in [1.82, 2.24) is 0 Å². The maximum atomic E-state index is 9.55. The summed E-state index contributed by atoms with van der Waals surface area (Å²) in [7, 11) is 0. The van der Waals surface area contributed by atoms with E-state index in [1.807, 2.05) is 27.7 Å². The first kappa shape index (κ1) is 18.7. The molecule has 4 heteroatoms. The molecule has 2 unspecified atom stereocenters.